The van der Waals surface area contributed by atoms with E-state index in [1.54, 1.807) is 49.6 Å². The Morgan fingerprint density at radius 1 is 1.06 bits per heavy atom. The van der Waals surface area contributed by atoms with Crippen LogP contribution in [0.15, 0.2) is 48.0 Å². The van der Waals surface area contributed by atoms with Crippen molar-refractivity contribution in [3.8, 4) is 11.5 Å². The van der Waals surface area contributed by atoms with Crippen LogP contribution in [0.5, 0.6) is 11.5 Å². The van der Waals surface area contributed by atoms with E-state index >= 15 is 0 Å². The van der Waals surface area contributed by atoms with Gasteiger partial charge < -0.3 is 14.8 Å². The Balaban J connectivity index is 1.76. The maximum absolute atomic E-state index is 12.9. The van der Waals surface area contributed by atoms with Crippen LogP contribution in [-0.2, 0) is 21.0 Å². The Morgan fingerprint density at radius 3 is 2.47 bits per heavy atom. The van der Waals surface area contributed by atoms with Gasteiger partial charge in [-0.25, -0.2) is 4.79 Å². The zero-order valence-electron chi connectivity index (χ0n) is 20.8. The molecule has 2 aromatic carbocycles. The fourth-order valence-corrected chi connectivity index (χ4v) is 3.76. The first kappa shape index (κ1) is 26.5. The van der Waals surface area contributed by atoms with Crippen molar-refractivity contribution < 1.29 is 28.7 Å². The number of hydrogen-bond acceptors (Lipinski definition) is 6. The molecule has 5 amide bonds. The first-order valence-corrected chi connectivity index (χ1v) is 11.9. The minimum Gasteiger partial charge on any atom is -0.496 e. The standard InChI is InChI=1S/C27H31N3O6/c1-4-5-6-7-14-30-26(33)23(25(32)29-27(30)34)16-19-8-13-24(35-3)20(15-19)17-36-22-11-9-21(10-12-22)28-18(2)31/h8-13,15-16H,4-7,14,17H2,1-3H3,(H,28,31)(H,29,32,34). The van der Waals surface area contributed by atoms with Crippen LogP contribution in [0.25, 0.3) is 6.08 Å². The molecule has 36 heavy (non-hydrogen) atoms. The van der Waals surface area contributed by atoms with Crippen LogP contribution < -0.4 is 20.1 Å². The molecule has 3 rings (SSSR count). The van der Waals surface area contributed by atoms with Gasteiger partial charge in [0.2, 0.25) is 5.91 Å². The molecule has 0 radical (unpaired) electrons. The van der Waals surface area contributed by atoms with Gasteiger partial charge in [-0.05, 0) is 54.5 Å². The number of ether oxygens (including phenoxy) is 2. The van der Waals surface area contributed by atoms with Gasteiger partial charge in [0.25, 0.3) is 11.8 Å². The van der Waals surface area contributed by atoms with Crippen LogP contribution in [-0.4, -0.2) is 42.3 Å². The second kappa shape index (κ2) is 12.5. The predicted octanol–water partition coefficient (Wildman–Crippen LogP) is 4.27. The molecular formula is C27H31N3O6. The highest BCUT2D eigenvalue weighted by Gasteiger charge is 2.35. The first-order chi connectivity index (χ1) is 17.3. The molecule has 0 bridgehead atoms. The molecule has 9 heteroatoms. The lowest BCUT2D eigenvalue weighted by atomic mass is 10.0. The summed E-state index contributed by atoms with van der Waals surface area (Å²) >= 11 is 0. The summed E-state index contributed by atoms with van der Waals surface area (Å²) in [7, 11) is 1.54. The van der Waals surface area contributed by atoms with Crippen molar-refractivity contribution in [3.63, 3.8) is 0 Å². The summed E-state index contributed by atoms with van der Waals surface area (Å²) < 4.78 is 11.3. The Bertz CT molecular complexity index is 1160. The molecule has 0 unspecified atom stereocenters. The smallest absolute Gasteiger partial charge is 0.331 e. The molecule has 1 fully saturated rings. The molecule has 1 saturated heterocycles. The lowest BCUT2D eigenvalue weighted by Crippen LogP contribution is -2.54. The largest absolute Gasteiger partial charge is 0.496 e. The molecule has 1 heterocycles. The number of anilines is 1. The maximum Gasteiger partial charge on any atom is 0.331 e. The fraction of sp³-hybridized carbons (Fsp3) is 0.333. The van der Waals surface area contributed by atoms with Gasteiger partial charge in [0.15, 0.2) is 0 Å². The van der Waals surface area contributed by atoms with E-state index in [1.807, 2.05) is 0 Å². The molecule has 1 aliphatic heterocycles. The van der Waals surface area contributed by atoms with Gasteiger partial charge in [-0.1, -0.05) is 32.3 Å². The van der Waals surface area contributed by atoms with Crippen LogP contribution in [0, 0.1) is 0 Å². The number of barbiturate groups is 1. The van der Waals surface area contributed by atoms with Gasteiger partial charge >= 0.3 is 6.03 Å². The number of unbranched alkanes of at least 4 members (excludes halogenated alkanes) is 3. The van der Waals surface area contributed by atoms with Crippen molar-refractivity contribution in [1.29, 1.82) is 0 Å². The van der Waals surface area contributed by atoms with Gasteiger partial charge in [-0.2, -0.15) is 0 Å². The molecule has 2 N–H and O–H groups in total. The third kappa shape index (κ3) is 6.94. The zero-order valence-corrected chi connectivity index (χ0v) is 20.8. The molecular weight excluding hydrogens is 462 g/mol. The third-order valence-corrected chi connectivity index (χ3v) is 5.61. The Hall–Kier alpha value is -4.14. The highest BCUT2D eigenvalue weighted by Crippen LogP contribution is 2.25. The zero-order chi connectivity index (χ0) is 26.1. The number of imide groups is 2. The number of amides is 5. The van der Waals surface area contributed by atoms with Crippen molar-refractivity contribution in [2.75, 3.05) is 19.0 Å². The SMILES string of the molecule is CCCCCCN1C(=O)NC(=O)C(=Cc2ccc(OC)c(COc3ccc(NC(C)=O)cc3)c2)C1=O. The molecule has 0 aromatic heterocycles. The molecule has 0 saturated carbocycles. The highest BCUT2D eigenvalue weighted by atomic mass is 16.5. The summed E-state index contributed by atoms with van der Waals surface area (Å²) in [5, 5.41) is 4.95. The van der Waals surface area contributed by atoms with Crippen LogP contribution in [0.4, 0.5) is 10.5 Å². The van der Waals surface area contributed by atoms with Crippen LogP contribution in [0.3, 0.4) is 0 Å². The molecule has 190 valence electrons. The number of urea groups is 1. The van der Waals surface area contributed by atoms with Crippen molar-refractivity contribution in [1.82, 2.24) is 10.2 Å². The summed E-state index contributed by atoms with van der Waals surface area (Å²) in [5.41, 5.74) is 1.85. The highest BCUT2D eigenvalue weighted by molar-refractivity contribution is 6.31. The summed E-state index contributed by atoms with van der Waals surface area (Å²) in [6, 6.07) is 11.5. The van der Waals surface area contributed by atoms with E-state index in [4.69, 9.17) is 9.47 Å². The first-order valence-electron chi connectivity index (χ1n) is 11.9. The maximum atomic E-state index is 12.9. The van der Waals surface area contributed by atoms with Crippen LogP contribution in [0.1, 0.15) is 50.7 Å². The number of nitrogens with zero attached hydrogens (tertiary/aromatic N) is 1. The van der Waals surface area contributed by atoms with E-state index in [0.29, 0.717) is 34.7 Å². The number of nitrogens with one attached hydrogen (secondary N) is 2. The molecule has 1 aliphatic rings. The topological polar surface area (TPSA) is 114 Å². The van der Waals surface area contributed by atoms with E-state index in [0.717, 1.165) is 24.2 Å². The fourth-order valence-electron chi connectivity index (χ4n) is 3.76. The number of benzene rings is 2. The van der Waals surface area contributed by atoms with Crippen LogP contribution >= 0.6 is 0 Å². The monoisotopic (exact) mass is 493 g/mol. The third-order valence-electron chi connectivity index (χ3n) is 5.61. The van der Waals surface area contributed by atoms with Gasteiger partial charge in [0.1, 0.15) is 23.7 Å². The average Bonchev–Trinajstić information content (AvgIpc) is 2.85. The van der Waals surface area contributed by atoms with E-state index < -0.39 is 17.8 Å². The predicted molar refractivity (Wildman–Crippen MR) is 135 cm³/mol. The molecule has 2 aromatic rings. The Morgan fingerprint density at radius 2 is 1.81 bits per heavy atom. The van der Waals surface area contributed by atoms with Crippen molar-refractivity contribution in [2.45, 2.75) is 46.1 Å². The number of carbonyl (C=O) groups is 4. The van der Waals surface area contributed by atoms with Gasteiger partial charge in [0.05, 0.1) is 7.11 Å². The summed E-state index contributed by atoms with van der Waals surface area (Å²) in [6.45, 7) is 3.95. The summed E-state index contributed by atoms with van der Waals surface area (Å²) in [4.78, 5) is 49.8. The molecule has 0 spiro atoms. The average molecular weight is 494 g/mol. The molecule has 0 atom stereocenters. The van der Waals surface area contributed by atoms with E-state index in [2.05, 4.69) is 17.6 Å². The quantitative estimate of drug-likeness (QED) is 0.274. The second-order valence-electron chi connectivity index (χ2n) is 8.40. The van der Waals surface area contributed by atoms with Crippen molar-refractivity contribution in [2.24, 2.45) is 0 Å². The number of rotatable bonds is 11. The summed E-state index contributed by atoms with van der Waals surface area (Å²) in [5.74, 6) is -0.308. The van der Waals surface area contributed by atoms with Gasteiger partial charge in [0, 0.05) is 24.7 Å². The van der Waals surface area contributed by atoms with E-state index in [-0.39, 0.29) is 24.6 Å². The van der Waals surface area contributed by atoms with Crippen LogP contribution in [0.2, 0.25) is 0 Å². The van der Waals surface area contributed by atoms with Crippen molar-refractivity contribution in [3.05, 3.63) is 59.2 Å². The van der Waals surface area contributed by atoms with Gasteiger partial charge in [-0.3, -0.25) is 24.6 Å². The lowest BCUT2D eigenvalue weighted by molar-refractivity contribution is -0.130. The number of hydrogen-bond donors (Lipinski definition) is 2. The van der Waals surface area contributed by atoms with Gasteiger partial charge in [-0.15, -0.1) is 0 Å². The normalized spacial score (nSPS) is 14.6. The minimum absolute atomic E-state index is 0.101. The number of carbonyl (C=O) groups excluding carboxylic acids is 4. The number of methoxy groups -OCH3 is 1. The Labute approximate surface area is 210 Å². The second-order valence-corrected chi connectivity index (χ2v) is 8.40. The molecule has 0 aliphatic carbocycles. The molecule has 9 nitrogen and oxygen atoms in total. The summed E-state index contributed by atoms with van der Waals surface area (Å²) in [6.07, 6.45) is 5.11. The van der Waals surface area contributed by atoms with E-state index in [9.17, 15) is 19.2 Å². The van der Waals surface area contributed by atoms with Crippen molar-refractivity contribution >= 4 is 35.5 Å². The van der Waals surface area contributed by atoms with E-state index in [1.165, 1.54) is 13.0 Å². The minimum atomic E-state index is -0.720. The Kier molecular flexibility index (Phi) is 9.21. The lowest BCUT2D eigenvalue weighted by Gasteiger charge is -2.26.